The first-order chi connectivity index (χ1) is 8.31. The Morgan fingerprint density at radius 2 is 1.94 bits per heavy atom. The van der Waals surface area contributed by atoms with Crippen LogP contribution in [0, 0.1) is 12.5 Å². The Labute approximate surface area is 166 Å². The van der Waals surface area contributed by atoms with Gasteiger partial charge in [-0.05, 0) is 29.3 Å². The first-order valence-electron chi connectivity index (χ1n) is 5.95. The Bertz CT molecular complexity index is 527. The number of rotatable bonds is 2. The Hall–Kier alpha value is 0.512. The molecule has 2 aromatic carbocycles. The molecule has 0 amide bonds. The summed E-state index contributed by atoms with van der Waals surface area (Å²) in [5, 5.41) is 2.42. The van der Waals surface area contributed by atoms with Gasteiger partial charge >= 0.3 is 68.9 Å². The molecule has 2 aromatic rings. The van der Waals surface area contributed by atoms with Gasteiger partial charge in [0.05, 0.1) is 0 Å². The average Bonchev–Trinajstić information content (AvgIpc) is 2.75. The molecule has 0 saturated carbocycles. The minimum absolute atomic E-state index is 0. The number of hydrogen-bond acceptors (Lipinski definition) is 2. The van der Waals surface area contributed by atoms with Crippen LogP contribution in [0.25, 0.3) is 10.8 Å². The maximum absolute atomic E-state index is 5.80. The molecule has 2 atom stereocenters. The second-order valence-corrected chi connectivity index (χ2v) is 4.54. The molecule has 1 aliphatic rings. The first kappa shape index (κ1) is 14.9. The SMILES string of the molecule is C[C@H]1[CH-]OC(Oc2ccc3ccccc3c2)C1.[Cs+]. The summed E-state index contributed by atoms with van der Waals surface area (Å²) in [6.07, 6.45) is 0.790. The predicted octanol–water partition coefficient (Wildman–Crippen LogP) is 0.767. The normalized spacial score (nSPS) is 22.7. The van der Waals surface area contributed by atoms with Crippen LogP contribution in [0.2, 0.25) is 0 Å². The van der Waals surface area contributed by atoms with Gasteiger partial charge in [0.25, 0.3) is 0 Å². The van der Waals surface area contributed by atoms with Gasteiger partial charge in [0, 0.05) is 0 Å². The quantitative estimate of drug-likeness (QED) is 0.737. The van der Waals surface area contributed by atoms with Crippen molar-refractivity contribution in [3.05, 3.63) is 49.1 Å². The molecule has 88 valence electrons. The van der Waals surface area contributed by atoms with Gasteiger partial charge in [0.15, 0.2) is 6.29 Å². The summed E-state index contributed by atoms with van der Waals surface area (Å²) >= 11 is 0. The monoisotopic (exact) mass is 360 g/mol. The van der Waals surface area contributed by atoms with Crippen molar-refractivity contribution >= 4 is 10.8 Å². The van der Waals surface area contributed by atoms with Crippen molar-refractivity contribution in [1.82, 2.24) is 0 Å². The zero-order valence-corrected chi connectivity index (χ0v) is 17.1. The fourth-order valence-corrected chi connectivity index (χ4v) is 2.10. The van der Waals surface area contributed by atoms with Gasteiger partial charge in [0.1, 0.15) is 5.75 Å². The second-order valence-electron chi connectivity index (χ2n) is 4.54. The molecule has 1 unspecified atom stereocenters. The predicted molar refractivity (Wildman–Crippen MR) is 67.5 cm³/mol. The summed E-state index contributed by atoms with van der Waals surface area (Å²) in [5.74, 6) is 1.34. The average molecular weight is 360 g/mol. The number of fused-ring (bicyclic) bond motifs is 1. The van der Waals surface area contributed by atoms with Gasteiger partial charge in [-0.25, -0.2) is 6.61 Å². The molecule has 3 rings (SSSR count). The van der Waals surface area contributed by atoms with Crippen LogP contribution in [0.15, 0.2) is 42.5 Å². The van der Waals surface area contributed by atoms with Gasteiger partial charge < -0.3 is 9.47 Å². The fraction of sp³-hybridized carbons (Fsp3) is 0.267. The third kappa shape index (κ3) is 3.54. The second kappa shape index (κ2) is 6.79. The van der Waals surface area contributed by atoms with E-state index in [-0.39, 0.29) is 75.2 Å². The summed E-state index contributed by atoms with van der Waals surface area (Å²) in [4.78, 5) is 0. The first-order valence-corrected chi connectivity index (χ1v) is 5.95. The van der Waals surface area contributed by atoms with E-state index in [2.05, 4.69) is 31.2 Å². The van der Waals surface area contributed by atoms with E-state index in [1.54, 1.807) is 0 Å². The Kier molecular flexibility index (Phi) is 5.63. The van der Waals surface area contributed by atoms with Crippen molar-refractivity contribution in [2.45, 2.75) is 19.6 Å². The third-order valence-electron chi connectivity index (χ3n) is 3.02. The maximum atomic E-state index is 5.80. The standard InChI is InChI=1S/C15H15O2.Cs/c1-11-8-15(16-10-11)17-14-7-6-12-4-2-3-5-13(12)9-14;/h2-7,9-11,15H,8H2,1H3;/q-1;+1/t11-,15?;/m1./s1. The molecule has 0 radical (unpaired) electrons. The largest absolute Gasteiger partial charge is 1.00 e. The molecule has 2 nitrogen and oxygen atoms in total. The number of ether oxygens (including phenoxy) is 2. The molecular formula is C15H15CsO2. The molecule has 1 fully saturated rings. The number of hydrogen-bond donors (Lipinski definition) is 0. The molecule has 18 heavy (non-hydrogen) atoms. The number of benzene rings is 2. The Morgan fingerprint density at radius 3 is 2.67 bits per heavy atom. The van der Waals surface area contributed by atoms with Crippen molar-refractivity contribution in [3.8, 4) is 5.75 Å². The summed E-state index contributed by atoms with van der Waals surface area (Å²) in [5.41, 5.74) is 0. The van der Waals surface area contributed by atoms with Crippen LogP contribution >= 0.6 is 0 Å². The van der Waals surface area contributed by atoms with Gasteiger partial charge in [-0.3, -0.25) is 0 Å². The molecule has 0 aromatic heterocycles. The topological polar surface area (TPSA) is 18.5 Å². The van der Waals surface area contributed by atoms with Crippen molar-refractivity contribution in [2.75, 3.05) is 0 Å². The van der Waals surface area contributed by atoms with Gasteiger partial charge in [-0.2, -0.15) is 0 Å². The van der Waals surface area contributed by atoms with Crippen LogP contribution in [0.4, 0.5) is 0 Å². The van der Waals surface area contributed by atoms with Crippen LogP contribution < -0.4 is 73.6 Å². The van der Waals surface area contributed by atoms with Crippen LogP contribution in [0.5, 0.6) is 5.75 Å². The van der Waals surface area contributed by atoms with Crippen molar-refractivity contribution in [3.63, 3.8) is 0 Å². The van der Waals surface area contributed by atoms with E-state index in [4.69, 9.17) is 9.47 Å². The van der Waals surface area contributed by atoms with E-state index in [1.807, 2.05) is 24.8 Å². The molecule has 0 spiro atoms. The smallest absolute Gasteiger partial charge is 0.520 e. The van der Waals surface area contributed by atoms with E-state index in [1.165, 1.54) is 10.8 Å². The summed E-state index contributed by atoms with van der Waals surface area (Å²) in [7, 11) is 0. The molecular weight excluding hydrogens is 345 g/mol. The zero-order valence-electron chi connectivity index (χ0n) is 10.8. The van der Waals surface area contributed by atoms with Crippen molar-refractivity contribution in [1.29, 1.82) is 0 Å². The molecule has 0 aliphatic carbocycles. The Balaban J connectivity index is 0.00000120. The molecule has 1 heterocycles. The minimum Gasteiger partial charge on any atom is -0.520 e. The van der Waals surface area contributed by atoms with Crippen LogP contribution in [-0.2, 0) is 4.74 Å². The molecule has 3 heteroatoms. The summed E-state index contributed by atoms with van der Waals surface area (Å²) in [6, 6.07) is 14.4. The van der Waals surface area contributed by atoms with Crippen molar-refractivity contribution < 1.29 is 78.4 Å². The van der Waals surface area contributed by atoms with Crippen LogP contribution in [0.3, 0.4) is 0 Å². The van der Waals surface area contributed by atoms with Crippen LogP contribution in [-0.4, -0.2) is 6.29 Å². The molecule has 0 N–H and O–H groups in total. The molecule has 0 bridgehead atoms. The maximum Gasteiger partial charge on any atom is 1.00 e. The van der Waals surface area contributed by atoms with Crippen LogP contribution in [0.1, 0.15) is 13.3 Å². The van der Waals surface area contributed by atoms with E-state index < -0.39 is 0 Å². The van der Waals surface area contributed by atoms with E-state index in [0.29, 0.717) is 5.92 Å². The zero-order chi connectivity index (χ0) is 11.7. The van der Waals surface area contributed by atoms with E-state index >= 15 is 0 Å². The van der Waals surface area contributed by atoms with Gasteiger partial charge in [0.2, 0.25) is 0 Å². The summed E-state index contributed by atoms with van der Waals surface area (Å²) in [6.45, 7) is 3.98. The summed E-state index contributed by atoms with van der Waals surface area (Å²) < 4.78 is 11.2. The Morgan fingerprint density at radius 1 is 1.17 bits per heavy atom. The van der Waals surface area contributed by atoms with Gasteiger partial charge in [-0.15, -0.1) is 5.92 Å². The minimum atomic E-state index is -0.133. The molecule has 1 aliphatic heterocycles. The van der Waals surface area contributed by atoms with E-state index in [0.717, 1.165) is 12.2 Å². The van der Waals surface area contributed by atoms with Gasteiger partial charge in [-0.1, -0.05) is 37.3 Å². The fourth-order valence-electron chi connectivity index (χ4n) is 2.10. The third-order valence-corrected chi connectivity index (χ3v) is 3.02. The van der Waals surface area contributed by atoms with Crippen molar-refractivity contribution in [2.24, 2.45) is 5.92 Å². The molecule has 1 saturated heterocycles. The van der Waals surface area contributed by atoms with E-state index in [9.17, 15) is 0 Å².